The maximum atomic E-state index is 8.87. The lowest BCUT2D eigenvalue weighted by atomic mass is 10.2. The van der Waals surface area contributed by atoms with E-state index >= 15 is 0 Å². The molecule has 0 fully saturated rings. The van der Waals surface area contributed by atoms with E-state index in [9.17, 15) is 0 Å². The third-order valence-corrected chi connectivity index (χ3v) is 2.61. The molecule has 2 heterocycles. The van der Waals surface area contributed by atoms with Gasteiger partial charge in [0.2, 0.25) is 0 Å². The topological polar surface area (TPSA) is 90.4 Å². The molecule has 0 aromatic carbocycles. The predicted octanol–water partition coefficient (Wildman–Crippen LogP) is 1.57. The molecule has 0 aliphatic heterocycles. The molecular formula is C14H14N6. The lowest BCUT2D eigenvalue weighted by Gasteiger charge is -2.01. The van der Waals surface area contributed by atoms with Crippen LogP contribution in [0.25, 0.3) is 11.4 Å². The van der Waals surface area contributed by atoms with E-state index in [4.69, 9.17) is 10.7 Å². The van der Waals surface area contributed by atoms with Gasteiger partial charge in [-0.1, -0.05) is 0 Å². The van der Waals surface area contributed by atoms with Gasteiger partial charge >= 0.3 is 0 Å². The van der Waals surface area contributed by atoms with Crippen LogP contribution >= 0.6 is 0 Å². The molecule has 0 unspecified atom stereocenters. The highest BCUT2D eigenvalue weighted by atomic mass is 15.1. The van der Waals surface area contributed by atoms with Crippen LogP contribution in [0.2, 0.25) is 0 Å². The minimum atomic E-state index is 0.572. The van der Waals surface area contributed by atoms with Crippen LogP contribution in [-0.2, 0) is 6.54 Å². The van der Waals surface area contributed by atoms with E-state index in [1.165, 1.54) is 6.21 Å². The zero-order valence-electron chi connectivity index (χ0n) is 10.8. The minimum Gasteiger partial charge on any atom is -0.389 e. The number of nitrogens with one attached hydrogen (secondary N) is 2. The van der Waals surface area contributed by atoms with Crippen molar-refractivity contribution in [3.8, 4) is 17.5 Å². The van der Waals surface area contributed by atoms with E-state index in [1.54, 1.807) is 36.9 Å². The van der Waals surface area contributed by atoms with Gasteiger partial charge in [-0.05, 0) is 24.4 Å². The van der Waals surface area contributed by atoms with E-state index in [0.29, 0.717) is 11.3 Å². The van der Waals surface area contributed by atoms with Gasteiger partial charge in [0, 0.05) is 31.7 Å². The number of hydrogen-bond acceptors (Lipinski definition) is 5. The zero-order valence-corrected chi connectivity index (χ0v) is 10.8. The maximum Gasteiger partial charge on any atom is 0.107 e. The zero-order chi connectivity index (χ0) is 14.2. The Morgan fingerprint density at radius 3 is 3.10 bits per heavy atom. The van der Waals surface area contributed by atoms with Gasteiger partial charge in [0.25, 0.3) is 0 Å². The molecule has 0 aliphatic rings. The van der Waals surface area contributed by atoms with Gasteiger partial charge < -0.3 is 15.3 Å². The van der Waals surface area contributed by atoms with E-state index in [0.717, 1.165) is 18.8 Å². The Hall–Kier alpha value is -2.94. The van der Waals surface area contributed by atoms with Crippen molar-refractivity contribution >= 4 is 6.21 Å². The second kappa shape index (κ2) is 6.85. The standard InChI is InChI=1S/C14H14N6/c15-3-1-4-17-6-7-20-10-14(19-11-20)13-8-12(9-16)2-5-18-13/h1-5,8,10-11,15,17H,6-7H2/b4-1-,15-3?. The van der Waals surface area contributed by atoms with Crippen molar-refractivity contribution in [1.29, 1.82) is 10.7 Å². The van der Waals surface area contributed by atoms with E-state index in [-0.39, 0.29) is 0 Å². The molecule has 0 amide bonds. The lowest BCUT2D eigenvalue weighted by Crippen LogP contribution is -2.13. The molecule has 0 radical (unpaired) electrons. The van der Waals surface area contributed by atoms with Gasteiger partial charge in [-0.3, -0.25) is 4.98 Å². The Morgan fingerprint density at radius 2 is 2.30 bits per heavy atom. The third kappa shape index (κ3) is 3.53. The molecule has 20 heavy (non-hydrogen) atoms. The SMILES string of the molecule is N#Cc1ccnc(-c2cn(CCN/C=C\C=N)cn2)c1. The monoisotopic (exact) mass is 266 g/mol. The Labute approximate surface area is 116 Å². The first kappa shape index (κ1) is 13.5. The smallest absolute Gasteiger partial charge is 0.107 e. The predicted molar refractivity (Wildman–Crippen MR) is 76.1 cm³/mol. The quantitative estimate of drug-likeness (QED) is 0.613. The number of nitrogens with zero attached hydrogens (tertiary/aromatic N) is 4. The van der Waals surface area contributed by atoms with Crippen LogP contribution < -0.4 is 5.32 Å². The molecule has 2 rings (SSSR count). The van der Waals surface area contributed by atoms with Crippen LogP contribution in [0.1, 0.15) is 5.56 Å². The van der Waals surface area contributed by atoms with Crippen molar-refractivity contribution in [2.75, 3.05) is 6.54 Å². The average molecular weight is 266 g/mol. The summed E-state index contributed by atoms with van der Waals surface area (Å²) in [6.07, 6.45) is 9.80. The second-order valence-corrected chi connectivity index (χ2v) is 4.02. The van der Waals surface area contributed by atoms with Gasteiger partial charge in [0.15, 0.2) is 0 Å². The number of hydrogen-bond donors (Lipinski definition) is 2. The highest BCUT2D eigenvalue weighted by Crippen LogP contribution is 2.14. The molecule has 0 aliphatic carbocycles. The Balaban J connectivity index is 1.99. The fraction of sp³-hybridized carbons (Fsp3) is 0.143. The summed E-state index contributed by atoms with van der Waals surface area (Å²) in [5.41, 5.74) is 2.01. The average Bonchev–Trinajstić information content (AvgIpc) is 2.96. The number of imidazole rings is 1. The third-order valence-electron chi connectivity index (χ3n) is 2.61. The van der Waals surface area contributed by atoms with Crippen LogP contribution in [0.3, 0.4) is 0 Å². The summed E-state index contributed by atoms with van der Waals surface area (Å²) in [5, 5.41) is 18.8. The summed E-state index contributed by atoms with van der Waals surface area (Å²) >= 11 is 0. The molecule has 2 N–H and O–H groups in total. The van der Waals surface area contributed by atoms with Gasteiger partial charge in [-0.2, -0.15) is 5.26 Å². The molecular weight excluding hydrogens is 252 g/mol. The first-order chi connectivity index (χ1) is 9.83. The highest BCUT2D eigenvalue weighted by Gasteiger charge is 2.04. The largest absolute Gasteiger partial charge is 0.389 e. The summed E-state index contributed by atoms with van der Waals surface area (Å²) in [7, 11) is 0. The van der Waals surface area contributed by atoms with Gasteiger partial charge in [-0.15, -0.1) is 0 Å². The number of allylic oxidation sites excluding steroid dienone is 1. The van der Waals surface area contributed by atoms with Gasteiger partial charge in [0.1, 0.15) is 5.69 Å². The Kier molecular flexibility index (Phi) is 4.62. The number of rotatable bonds is 6. The molecule has 0 spiro atoms. The molecule has 2 aromatic rings. The second-order valence-electron chi connectivity index (χ2n) is 4.02. The van der Waals surface area contributed by atoms with Gasteiger partial charge in [0.05, 0.1) is 23.7 Å². The van der Waals surface area contributed by atoms with Crippen molar-refractivity contribution < 1.29 is 0 Å². The lowest BCUT2D eigenvalue weighted by molar-refractivity contribution is 0.661. The van der Waals surface area contributed by atoms with Crippen molar-refractivity contribution in [3.05, 3.63) is 48.7 Å². The van der Waals surface area contributed by atoms with E-state index in [2.05, 4.69) is 21.4 Å². The molecule has 2 aromatic heterocycles. The van der Waals surface area contributed by atoms with Crippen LogP contribution in [-0.4, -0.2) is 27.3 Å². The van der Waals surface area contributed by atoms with Crippen LogP contribution in [0.4, 0.5) is 0 Å². The number of pyridine rings is 1. The Morgan fingerprint density at radius 1 is 1.40 bits per heavy atom. The van der Waals surface area contributed by atoms with Crippen molar-refractivity contribution in [1.82, 2.24) is 19.9 Å². The minimum absolute atomic E-state index is 0.572. The summed E-state index contributed by atoms with van der Waals surface area (Å²) < 4.78 is 1.95. The molecule has 6 nitrogen and oxygen atoms in total. The first-order valence-corrected chi connectivity index (χ1v) is 6.11. The maximum absolute atomic E-state index is 8.87. The summed E-state index contributed by atoms with van der Waals surface area (Å²) in [4.78, 5) is 8.50. The first-order valence-electron chi connectivity index (χ1n) is 6.11. The van der Waals surface area contributed by atoms with Crippen molar-refractivity contribution in [2.24, 2.45) is 0 Å². The van der Waals surface area contributed by atoms with E-state index in [1.807, 2.05) is 10.8 Å². The molecule has 0 saturated heterocycles. The molecule has 0 atom stereocenters. The Bertz CT molecular complexity index is 650. The summed E-state index contributed by atoms with van der Waals surface area (Å²) in [5.74, 6) is 0. The number of aromatic nitrogens is 3. The van der Waals surface area contributed by atoms with Crippen LogP contribution in [0, 0.1) is 16.7 Å². The van der Waals surface area contributed by atoms with Crippen molar-refractivity contribution in [2.45, 2.75) is 6.54 Å². The van der Waals surface area contributed by atoms with Crippen molar-refractivity contribution in [3.63, 3.8) is 0 Å². The fourth-order valence-electron chi connectivity index (χ4n) is 1.65. The summed E-state index contributed by atoms with van der Waals surface area (Å²) in [6, 6.07) is 5.47. The summed E-state index contributed by atoms with van der Waals surface area (Å²) in [6.45, 7) is 1.50. The molecule has 6 heteroatoms. The fourth-order valence-corrected chi connectivity index (χ4v) is 1.65. The molecule has 0 bridgehead atoms. The van der Waals surface area contributed by atoms with E-state index < -0.39 is 0 Å². The van der Waals surface area contributed by atoms with Gasteiger partial charge in [-0.25, -0.2) is 4.98 Å². The van der Waals surface area contributed by atoms with Crippen LogP contribution in [0.15, 0.2) is 43.1 Å². The highest BCUT2D eigenvalue weighted by molar-refractivity contribution is 5.67. The normalized spacial score (nSPS) is 10.3. The molecule has 100 valence electrons. The van der Waals surface area contributed by atoms with Crippen LogP contribution in [0.5, 0.6) is 0 Å². The number of nitriles is 1. The molecule has 0 saturated carbocycles.